The smallest absolute Gasteiger partial charge is 0.257 e. The van der Waals surface area contributed by atoms with Gasteiger partial charge in [0.05, 0.1) is 10.6 Å². The third-order valence-electron chi connectivity index (χ3n) is 2.49. The van der Waals surface area contributed by atoms with E-state index in [1.165, 1.54) is 6.07 Å². The minimum absolute atomic E-state index is 0.0465. The van der Waals surface area contributed by atoms with Gasteiger partial charge in [-0.05, 0) is 6.07 Å². The number of hydrogen-bond donors (Lipinski definition) is 3. The molecule has 4 N–H and O–H groups in total. The van der Waals surface area contributed by atoms with Crippen LogP contribution in [0.3, 0.4) is 0 Å². The van der Waals surface area contributed by atoms with Crippen molar-refractivity contribution in [3.05, 3.63) is 52.4 Å². The van der Waals surface area contributed by atoms with Gasteiger partial charge in [-0.25, -0.2) is 24.0 Å². The number of benzene rings is 1. The van der Waals surface area contributed by atoms with E-state index in [1.807, 2.05) is 5.32 Å². The summed E-state index contributed by atoms with van der Waals surface area (Å²) in [5.74, 6) is 0.827. The molecule has 0 aliphatic carbocycles. The fourth-order valence-corrected chi connectivity index (χ4v) is 1.74. The Morgan fingerprint density at radius 1 is 1.19 bits per heavy atom. The molecular formula is C12H8ClF3N4O. The number of amides is 1. The van der Waals surface area contributed by atoms with E-state index < -0.39 is 29.0 Å². The van der Waals surface area contributed by atoms with E-state index in [1.54, 1.807) is 0 Å². The molecule has 2 rings (SSSR count). The van der Waals surface area contributed by atoms with E-state index in [2.05, 4.69) is 10.4 Å². The molecule has 110 valence electrons. The second-order valence-corrected chi connectivity index (χ2v) is 4.30. The predicted molar refractivity (Wildman–Crippen MR) is 71.3 cm³/mol. The molecule has 0 bridgehead atoms. The summed E-state index contributed by atoms with van der Waals surface area (Å²) in [6, 6.07) is 2.11. The van der Waals surface area contributed by atoms with Crippen molar-refractivity contribution in [1.29, 1.82) is 0 Å². The first-order valence-electron chi connectivity index (χ1n) is 5.50. The molecule has 0 aliphatic rings. The van der Waals surface area contributed by atoms with E-state index in [0.717, 1.165) is 6.20 Å². The van der Waals surface area contributed by atoms with E-state index in [9.17, 15) is 18.0 Å². The van der Waals surface area contributed by atoms with Crippen LogP contribution in [0.15, 0.2) is 24.4 Å². The second-order valence-electron chi connectivity index (χ2n) is 3.90. The van der Waals surface area contributed by atoms with Crippen LogP contribution in [0.25, 0.3) is 0 Å². The molecule has 0 radical (unpaired) electrons. The summed E-state index contributed by atoms with van der Waals surface area (Å²) in [6.45, 7) is 0. The molecule has 0 spiro atoms. The topological polar surface area (TPSA) is 80.0 Å². The quantitative estimate of drug-likeness (QED) is 0.601. The standard InChI is InChI=1S/C12H8ClF3N4O/c13-7-1-5(4-18-11(7)20-17)12(21)19-10-8(15)2-6(14)3-9(10)16/h1-4H,17H2,(H,18,20)(H,19,21). The number of rotatable bonds is 3. The monoisotopic (exact) mass is 316 g/mol. The number of nitrogens with zero attached hydrogens (tertiary/aromatic N) is 1. The number of hydrazine groups is 1. The fourth-order valence-electron chi connectivity index (χ4n) is 1.52. The Kier molecular flexibility index (Phi) is 4.29. The van der Waals surface area contributed by atoms with Crippen molar-refractivity contribution >= 4 is 29.0 Å². The maximum atomic E-state index is 13.4. The van der Waals surface area contributed by atoms with Crippen molar-refractivity contribution in [2.24, 2.45) is 5.84 Å². The number of anilines is 2. The molecule has 0 saturated heterocycles. The van der Waals surface area contributed by atoms with Crippen molar-refractivity contribution in [3.8, 4) is 0 Å². The maximum absolute atomic E-state index is 13.4. The van der Waals surface area contributed by atoms with Gasteiger partial charge >= 0.3 is 0 Å². The van der Waals surface area contributed by atoms with Crippen LogP contribution in [0.4, 0.5) is 24.7 Å². The van der Waals surface area contributed by atoms with Gasteiger partial charge in [0.2, 0.25) is 0 Å². The summed E-state index contributed by atoms with van der Waals surface area (Å²) in [7, 11) is 0. The molecule has 1 heterocycles. The predicted octanol–water partition coefficient (Wildman–Crippen LogP) is 2.69. The lowest BCUT2D eigenvalue weighted by Gasteiger charge is -2.09. The Labute approximate surface area is 121 Å². The van der Waals surface area contributed by atoms with Crippen LogP contribution in [0.2, 0.25) is 5.02 Å². The summed E-state index contributed by atoms with van der Waals surface area (Å²) in [5.41, 5.74) is 1.38. The van der Waals surface area contributed by atoms with Crippen LogP contribution in [0.1, 0.15) is 10.4 Å². The van der Waals surface area contributed by atoms with Gasteiger partial charge in [0.1, 0.15) is 11.5 Å². The largest absolute Gasteiger partial charge is 0.317 e. The second kappa shape index (κ2) is 5.98. The molecular weight excluding hydrogens is 309 g/mol. The molecule has 0 aliphatic heterocycles. The van der Waals surface area contributed by atoms with Crippen molar-refractivity contribution in [3.63, 3.8) is 0 Å². The van der Waals surface area contributed by atoms with E-state index in [0.29, 0.717) is 12.1 Å². The van der Waals surface area contributed by atoms with Crippen LogP contribution >= 0.6 is 11.6 Å². The van der Waals surface area contributed by atoms with Gasteiger partial charge in [0, 0.05) is 18.3 Å². The highest BCUT2D eigenvalue weighted by Gasteiger charge is 2.16. The highest BCUT2D eigenvalue weighted by Crippen LogP contribution is 2.23. The van der Waals surface area contributed by atoms with Crippen LogP contribution in [0.5, 0.6) is 0 Å². The average Bonchev–Trinajstić information content (AvgIpc) is 2.42. The molecule has 2 aromatic rings. The summed E-state index contributed by atoms with van der Waals surface area (Å²) < 4.78 is 39.6. The minimum Gasteiger partial charge on any atom is -0.317 e. The number of carbonyl (C=O) groups excluding carboxylic acids is 1. The van der Waals surface area contributed by atoms with Crippen LogP contribution < -0.4 is 16.6 Å². The van der Waals surface area contributed by atoms with Gasteiger partial charge in [-0.2, -0.15) is 0 Å². The SMILES string of the molecule is NNc1ncc(C(=O)Nc2c(F)cc(F)cc2F)cc1Cl. The maximum Gasteiger partial charge on any atom is 0.257 e. The average molecular weight is 317 g/mol. The molecule has 0 saturated carbocycles. The molecule has 0 unspecified atom stereocenters. The first-order chi connectivity index (χ1) is 9.92. The zero-order valence-electron chi connectivity index (χ0n) is 10.3. The van der Waals surface area contributed by atoms with Crippen LogP contribution in [-0.2, 0) is 0 Å². The molecule has 1 amide bonds. The van der Waals surface area contributed by atoms with E-state index >= 15 is 0 Å². The molecule has 1 aromatic carbocycles. The highest BCUT2D eigenvalue weighted by molar-refractivity contribution is 6.33. The van der Waals surface area contributed by atoms with Crippen molar-refractivity contribution < 1.29 is 18.0 Å². The Morgan fingerprint density at radius 2 is 1.81 bits per heavy atom. The number of halogens is 4. The number of aromatic nitrogens is 1. The molecule has 5 nitrogen and oxygen atoms in total. The molecule has 21 heavy (non-hydrogen) atoms. The zero-order chi connectivity index (χ0) is 15.6. The number of nitrogen functional groups attached to an aromatic ring is 1. The number of nitrogens with one attached hydrogen (secondary N) is 2. The van der Waals surface area contributed by atoms with Crippen molar-refractivity contribution in [1.82, 2.24) is 4.98 Å². The first kappa shape index (κ1) is 15.1. The van der Waals surface area contributed by atoms with Crippen molar-refractivity contribution in [2.45, 2.75) is 0 Å². The molecule has 1 aromatic heterocycles. The number of pyridine rings is 1. The summed E-state index contributed by atoms with van der Waals surface area (Å²) in [5, 5.41) is 2.03. The number of carbonyl (C=O) groups is 1. The highest BCUT2D eigenvalue weighted by atomic mass is 35.5. The Morgan fingerprint density at radius 3 is 2.33 bits per heavy atom. The van der Waals surface area contributed by atoms with Gasteiger partial charge in [-0.1, -0.05) is 11.6 Å². The van der Waals surface area contributed by atoms with E-state index in [4.69, 9.17) is 17.4 Å². The summed E-state index contributed by atoms with van der Waals surface area (Å²) in [6.07, 6.45) is 1.11. The van der Waals surface area contributed by atoms with Gasteiger partial charge < -0.3 is 10.7 Å². The minimum atomic E-state index is -1.24. The lowest BCUT2D eigenvalue weighted by atomic mass is 10.2. The van der Waals surface area contributed by atoms with Crippen molar-refractivity contribution in [2.75, 3.05) is 10.7 Å². The number of hydrogen-bond acceptors (Lipinski definition) is 4. The Balaban J connectivity index is 2.28. The van der Waals surface area contributed by atoms with Gasteiger partial charge in [0.25, 0.3) is 5.91 Å². The fraction of sp³-hybridized carbons (Fsp3) is 0. The van der Waals surface area contributed by atoms with Gasteiger partial charge in [-0.15, -0.1) is 0 Å². The zero-order valence-corrected chi connectivity index (χ0v) is 11.0. The first-order valence-corrected chi connectivity index (χ1v) is 5.88. The van der Waals surface area contributed by atoms with Crippen LogP contribution in [0, 0.1) is 17.5 Å². The Bertz CT molecular complexity index is 688. The summed E-state index contributed by atoms with van der Waals surface area (Å²) >= 11 is 5.78. The van der Waals surface area contributed by atoms with Gasteiger partial charge in [-0.3, -0.25) is 4.79 Å². The normalized spacial score (nSPS) is 10.3. The lowest BCUT2D eigenvalue weighted by molar-refractivity contribution is 0.102. The summed E-state index contributed by atoms with van der Waals surface area (Å²) in [4.78, 5) is 15.6. The third kappa shape index (κ3) is 3.23. The molecule has 0 atom stereocenters. The third-order valence-corrected chi connectivity index (χ3v) is 2.77. The van der Waals surface area contributed by atoms with Crippen LogP contribution in [-0.4, -0.2) is 10.9 Å². The lowest BCUT2D eigenvalue weighted by Crippen LogP contribution is -2.16. The molecule has 0 fully saturated rings. The van der Waals surface area contributed by atoms with E-state index in [-0.39, 0.29) is 16.4 Å². The molecule has 9 heteroatoms. The van der Waals surface area contributed by atoms with Gasteiger partial charge in [0.15, 0.2) is 17.5 Å². The Hall–Kier alpha value is -2.32. The number of nitrogens with two attached hydrogens (primary N) is 1.